The summed E-state index contributed by atoms with van der Waals surface area (Å²) in [6.07, 6.45) is 5.18. The molecule has 5 nitrogen and oxygen atoms in total. The van der Waals surface area contributed by atoms with E-state index in [1.165, 1.54) is 11.1 Å². The highest BCUT2D eigenvalue weighted by molar-refractivity contribution is 5.61. The van der Waals surface area contributed by atoms with Crippen LogP contribution in [0.25, 0.3) is 6.08 Å². The van der Waals surface area contributed by atoms with E-state index in [2.05, 4.69) is 41.7 Å². The highest BCUT2D eigenvalue weighted by Gasteiger charge is 2.21. The molecule has 1 heterocycles. The zero-order valence-corrected chi connectivity index (χ0v) is 18.8. The fourth-order valence-corrected chi connectivity index (χ4v) is 3.93. The second-order valence-corrected chi connectivity index (χ2v) is 7.62. The van der Waals surface area contributed by atoms with E-state index in [4.69, 9.17) is 18.9 Å². The van der Waals surface area contributed by atoms with E-state index in [0.29, 0.717) is 6.61 Å². The van der Waals surface area contributed by atoms with Gasteiger partial charge in [-0.3, -0.25) is 0 Å². The fourth-order valence-electron chi connectivity index (χ4n) is 3.93. The molecule has 166 valence electrons. The summed E-state index contributed by atoms with van der Waals surface area (Å²) in [6, 6.07) is 20.3. The van der Waals surface area contributed by atoms with Crippen LogP contribution in [0.1, 0.15) is 28.3 Å². The number of ether oxygens (including phenoxy) is 4. The molecule has 32 heavy (non-hydrogen) atoms. The van der Waals surface area contributed by atoms with Gasteiger partial charge in [0.05, 0.1) is 27.4 Å². The molecule has 3 aromatic carbocycles. The minimum atomic E-state index is 0.0719. The molecule has 0 radical (unpaired) electrons. The Kier molecular flexibility index (Phi) is 6.97. The van der Waals surface area contributed by atoms with Gasteiger partial charge in [0.2, 0.25) is 0 Å². The first-order valence-corrected chi connectivity index (χ1v) is 10.7. The van der Waals surface area contributed by atoms with Crippen molar-refractivity contribution in [2.45, 2.75) is 19.1 Å². The van der Waals surface area contributed by atoms with Crippen molar-refractivity contribution in [3.05, 3.63) is 89.0 Å². The standard InChI is InChI=1S/C27H29NO4/c1-29-22-11-9-20(25(16-22)30-2)10-12-24-23-17-26(31-3)27(15-21(23)13-14-28-24)32-18-19-7-5-4-6-8-19/h4-12,15-17,24,28H,13-14,18H2,1-3H3/b12-10+. The Balaban J connectivity index is 1.57. The second-order valence-electron chi connectivity index (χ2n) is 7.62. The summed E-state index contributed by atoms with van der Waals surface area (Å²) in [5, 5.41) is 3.59. The van der Waals surface area contributed by atoms with Gasteiger partial charge in [0.1, 0.15) is 18.1 Å². The lowest BCUT2D eigenvalue weighted by Crippen LogP contribution is -2.28. The van der Waals surface area contributed by atoms with E-state index in [9.17, 15) is 0 Å². The van der Waals surface area contributed by atoms with Crippen LogP contribution in [0.5, 0.6) is 23.0 Å². The molecular weight excluding hydrogens is 402 g/mol. The maximum atomic E-state index is 6.11. The Morgan fingerprint density at radius 2 is 1.69 bits per heavy atom. The molecule has 1 N–H and O–H groups in total. The molecule has 0 amide bonds. The number of fused-ring (bicyclic) bond motifs is 1. The number of hydrogen-bond acceptors (Lipinski definition) is 5. The van der Waals surface area contributed by atoms with Gasteiger partial charge in [-0.15, -0.1) is 0 Å². The molecule has 1 unspecified atom stereocenters. The Labute approximate surface area is 189 Å². The van der Waals surface area contributed by atoms with E-state index >= 15 is 0 Å². The predicted molar refractivity (Wildman–Crippen MR) is 127 cm³/mol. The molecule has 0 aliphatic carbocycles. The molecule has 0 saturated heterocycles. The van der Waals surface area contributed by atoms with Crippen molar-refractivity contribution in [1.29, 1.82) is 0 Å². The van der Waals surface area contributed by atoms with Crippen molar-refractivity contribution in [3.63, 3.8) is 0 Å². The molecule has 0 fully saturated rings. The zero-order chi connectivity index (χ0) is 22.3. The normalized spacial score (nSPS) is 15.3. The quantitative estimate of drug-likeness (QED) is 0.532. The molecule has 4 rings (SSSR count). The number of rotatable bonds is 8. The molecule has 0 bridgehead atoms. The summed E-state index contributed by atoms with van der Waals surface area (Å²) in [5.74, 6) is 3.06. The lowest BCUT2D eigenvalue weighted by Gasteiger charge is -2.26. The van der Waals surface area contributed by atoms with Gasteiger partial charge in [-0.25, -0.2) is 0 Å². The third-order valence-electron chi connectivity index (χ3n) is 5.67. The molecule has 0 saturated carbocycles. The Morgan fingerprint density at radius 3 is 2.44 bits per heavy atom. The largest absolute Gasteiger partial charge is 0.497 e. The minimum absolute atomic E-state index is 0.0719. The van der Waals surface area contributed by atoms with Crippen LogP contribution in [-0.4, -0.2) is 27.9 Å². The molecule has 1 aliphatic heterocycles. The first-order chi connectivity index (χ1) is 15.7. The predicted octanol–water partition coefficient (Wildman–Crippen LogP) is 5.19. The Bertz CT molecular complexity index is 1080. The van der Waals surface area contributed by atoms with Crippen LogP contribution in [0.3, 0.4) is 0 Å². The summed E-state index contributed by atoms with van der Waals surface area (Å²) in [4.78, 5) is 0. The number of benzene rings is 3. The van der Waals surface area contributed by atoms with Gasteiger partial charge >= 0.3 is 0 Å². The van der Waals surface area contributed by atoms with Gasteiger partial charge in [0, 0.05) is 18.2 Å². The van der Waals surface area contributed by atoms with Gasteiger partial charge in [0.15, 0.2) is 11.5 Å². The van der Waals surface area contributed by atoms with Gasteiger partial charge < -0.3 is 24.3 Å². The van der Waals surface area contributed by atoms with Gasteiger partial charge in [0.25, 0.3) is 0 Å². The minimum Gasteiger partial charge on any atom is -0.497 e. The average molecular weight is 432 g/mol. The number of hydrogen-bond donors (Lipinski definition) is 1. The van der Waals surface area contributed by atoms with Crippen molar-refractivity contribution < 1.29 is 18.9 Å². The van der Waals surface area contributed by atoms with Crippen LogP contribution in [0.15, 0.2) is 66.7 Å². The summed E-state index contributed by atoms with van der Waals surface area (Å²) in [5.41, 5.74) is 4.59. The molecule has 5 heteroatoms. The smallest absolute Gasteiger partial charge is 0.161 e. The van der Waals surface area contributed by atoms with E-state index in [-0.39, 0.29) is 6.04 Å². The third kappa shape index (κ3) is 4.89. The number of methoxy groups -OCH3 is 3. The van der Waals surface area contributed by atoms with Crippen molar-refractivity contribution in [2.24, 2.45) is 0 Å². The van der Waals surface area contributed by atoms with Gasteiger partial charge in [-0.1, -0.05) is 42.5 Å². The van der Waals surface area contributed by atoms with E-state index in [0.717, 1.165) is 47.1 Å². The summed E-state index contributed by atoms with van der Waals surface area (Å²) in [6.45, 7) is 1.40. The SMILES string of the molecule is COc1ccc(/C=C/C2NCCc3cc(OCc4ccccc4)c(OC)cc32)c(OC)c1. The Morgan fingerprint density at radius 1 is 0.875 bits per heavy atom. The lowest BCUT2D eigenvalue weighted by atomic mass is 9.93. The molecular formula is C27H29NO4. The van der Waals surface area contributed by atoms with Crippen molar-refractivity contribution >= 4 is 6.08 Å². The molecule has 0 aromatic heterocycles. The van der Waals surface area contributed by atoms with Crippen molar-refractivity contribution in [1.82, 2.24) is 5.32 Å². The first-order valence-electron chi connectivity index (χ1n) is 10.7. The van der Waals surface area contributed by atoms with E-state index in [1.807, 2.05) is 36.4 Å². The Hall–Kier alpha value is -3.44. The van der Waals surface area contributed by atoms with Crippen LogP contribution in [0.2, 0.25) is 0 Å². The van der Waals surface area contributed by atoms with Crippen LogP contribution in [-0.2, 0) is 13.0 Å². The van der Waals surface area contributed by atoms with Gasteiger partial charge in [-0.05, 0) is 47.4 Å². The lowest BCUT2D eigenvalue weighted by molar-refractivity contribution is 0.283. The molecule has 3 aromatic rings. The topological polar surface area (TPSA) is 49.0 Å². The van der Waals surface area contributed by atoms with Crippen LogP contribution >= 0.6 is 0 Å². The van der Waals surface area contributed by atoms with E-state index < -0.39 is 0 Å². The molecule has 0 spiro atoms. The van der Waals surface area contributed by atoms with Crippen molar-refractivity contribution in [2.75, 3.05) is 27.9 Å². The van der Waals surface area contributed by atoms with Crippen LogP contribution < -0.4 is 24.3 Å². The highest BCUT2D eigenvalue weighted by Crippen LogP contribution is 2.37. The summed E-state index contributed by atoms with van der Waals surface area (Å²) in [7, 11) is 5.00. The highest BCUT2D eigenvalue weighted by atomic mass is 16.5. The first kappa shape index (κ1) is 21.8. The summed E-state index contributed by atoms with van der Waals surface area (Å²) < 4.78 is 22.6. The second kappa shape index (κ2) is 10.2. The van der Waals surface area contributed by atoms with E-state index in [1.54, 1.807) is 21.3 Å². The molecule has 1 atom stereocenters. The molecule has 1 aliphatic rings. The van der Waals surface area contributed by atoms with Crippen LogP contribution in [0.4, 0.5) is 0 Å². The fraction of sp³-hybridized carbons (Fsp3) is 0.259. The monoisotopic (exact) mass is 431 g/mol. The number of nitrogens with one attached hydrogen (secondary N) is 1. The average Bonchev–Trinajstić information content (AvgIpc) is 2.86. The van der Waals surface area contributed by atoms with Crippen LogP contribution in [0, 0.1) is 0 Å². The maximum absolute atomic E-state index is 6.11. The zero-order valence-electron chi connectivity index (χ0n) is 18.8. The summed E-state index contributed by atoms with van der Waals surface area (Å²) >= 11 is 0. The maximum Gasteiger partial charge on any atom is 0.161 e. The third-order valence-corrected chi connectivity index (χ3v) is 5.67. The van der Waals surface area contributed by atoms with Crippen molar-refractivity contribution in [3.8, 4) is 23.0 Å². The van der Waals surface area contributed by atoms with Gasteiger partial charge in [-0.2, -0.15) is 0 Å².